The molecule has 0 spiro atoms. The maximum atomic E-state index is 5.87. The molecule has 4 nitrogen and oxygen atoms in total. The Balaban J connectivity index is 1.79. The maximum Gasteiger partial charge on any atom is 0.139 e. The van der Waals surface area contributed by atoms with Gasteiger partial charge in [-0.05, 0) is 26.4 Å². The molecule has 0 atom stereocenters. The molecule has 1 aliphatic rings. The Morgan fingerprint density at radius 2 is 1.91 bits per heavy atom. The number of hydrogen-bond acceptors (Lipinski definition) is 4. The quantitative estimate of drug-likeness (QED) is 0.687. The molecule has 22 heavy (non-hydrogen) atoms. The third-order valence-electron chi connectivity index (χ3n) is 4.30. The highest BCUT2D eigenvalue weighted by atomic mass is 16.5. The Kier molecular flexibility index (Phi) is 7.50. The van der Waals surface area contributed by atoms with Crippen LogP contribution >= 0.6 is 0 Å². The van der Waals surface area contributed by atoms with Gasteiger partial charge in [-0.3, -0.25) is 4.98 Å². The lowest BCUT2D eigenvalue weighted by atomic mass is 10.2. The Bertz CT molecular complexity index is 425. The van der Waals surface area contributed by atoms with Crippen LogP contribution in [0.3, 0.4) is 0 Å². The molecule has 4 heteroatoms. The van der Waals surface area contributed by atoms with Gasteiger partial charge in [0, 0.05) is 25.7 Å². The highest BCUT2D eigenvalue weighted by Gasteiger charge is 2.13. The first-order chi connectivity index (χ1) is 10.8. The fraction of sp³-hybridized carbons (Fsp3) is 0.722. The number of rotatable bonds is 8. The van der Waals surface area contributed by atoms with Crippen LogP contribution in [0.2, 0.25) is 0 Å². The topological polar surface area (TPSA) is 28.6 Å². The van der Waals surface area contributed by atoms with Crippen molar-refractivity contribution in [2.45, 2.75) is 45.4 Å². The molecule has 0 bridgehead atoms. The van der Waals surface area contributed by atoms with Crippen molar-refractivity contribution < 1.29 is 4.74 Å². The predicted octanol–water partition coefficient (Wildman–Crippen LogP) is 3.57. The largest absolute Gasteiger partial charge is 0.492 e. The Morgan fingerprint density at radius 3 is 2.77 bits per heavy atom. The second-order valence-corrected chi connectivity index (χ2v) is 6.29. The summed E-state index contributed by atoms with van der Waals surface area (Å²) in [5, 5.41) is 0. The number of pyridine rings is 1. The molecule has 0 amide bonds. The predicted molar refractivity (Wildman–Crippen MR) is 92.8 cm³/mol. The summed E-state index contributed by atoms with van der Waals surface area (Å²) in [7, 11) is 2.19. The van der Waals surface area contributed by atoms with Gasteiger partial charge in [-0.1, -0.05) is 32.6 Å². The number of nitrogens with zero attached hydrogens (tertiary/aromatic N) is 3. The van der Waals surface area contributed by atoms with E-state index in [0.29, 0.717) is 0 Å². The van der Waals surface area contributed by atoms with Crippen LogP contribution in [0.4, 0.5) is 5.69 Å². The van der Waals surface area contributed by atoms with E-state index in [-0.39, 0.29) is 0 Å². The zero-order valence-electron chi connectivity index (χ0n) is 14.3. The van der Waals surface area contributed by atoms with Crippen molar-refractivity contribution in [3.8, 4) is 5.75 Å². The van der Waals surface area contributed by atoms with Gasteiger partial charge in [0.15, 0.2) is 0 Å². The second kappa shape index (κ2) is 9.67. The number of hydrogen-bond donors (Lipinski definition) is 0. The first-order valence-electron chi connectivity index (χ1n) is 8.81. The molecular formula is C18H31N3O. The minimum atomic E-state index is 0.803. The highest BCUT2D eigenvalue weighted by molar-refractivity contribution is 5.48. The summed E-state index contributed by atoms with van der Waals surface area (Å²) >= 11 is 0. The average Bonchev–Trinajstić information content (AvgIpc) is 2.76. The molecule has 0 aromatic carbocycles. The first-order valence-corrected chi connectivity index (χ1v) is 8.81. The lowest BCUT2D eigenvalue weighted by molar-refractivity contribution is 0.303. The van der Waals surface area contributed by atoms with Crippen molar-refractivity contribution in [3.63, 3.8) is 0 Å². The van der Waals surface area contributed by atoms with Gasteiger partial charge in [-0.25, -0.2) is 0 Å². The maximum absolute atomic E-state index is 5.87. The molecule has 0 aliphatic carbocycles. The zero-order chi connectivity index (χ0) is 15.6. The molecule has 0 radical (unpaired) electrons. The third-order valence-corrected chi connectivity index (χ3v) is 4.30. The zero-order valence-corrected chi connectivity index (χ0v) is 14.3. The van der Waals surface area contributed by atoms with E-state index in [1.54, 1.807) is 0 Å². The summed E-state index contributed by atoms with van der Waals surface area (Å²) in [6, 6.07) is 2.14. The molecule has 1 fully saturated rings. The van der Waals surface area contributed by atoms with Crippen LogP contribution in [0.25, 0.3) is 0 Å². The molecule has 0 unspecified atom stereocenters. The summed E-state index contributed by atoms with van der Waals surface area (Å²) < 4.78 is 5.87. The number of anilines is 1. The van der Waals surface area contributed by atoms with Gasteiger partial charge in [0.2, 0.25) is 0 Å². The SMILES string of the molecule is CCCCCCCOc1cncc(N2CCCN(C)CC2)c1. The number of likely N-dealkylation sites (N-methyl/N-ethyl adjacent to an activating group) is 1. The van der Waals surface area contributed by atoms with Crippen molar-refractivity contribution in [3.05, 3.63) is 18.5 Å². The fourth-order valence-corrected chi connectivity index (χ4v) is 2.86. The van der Waals surface area contributed by atoms with E-state index in [4.69, 9.17) is 4.74 Å². The first kappa shape index (κ1) is 17.1. The summed E-state index contributed by atoms with van der Waals surface area (Å²) in [6.07, 6.45) is 11.3. The van der Waals surface area contributed by atoms with Gasteiger partial charge in [-0.15, -0.1) is 0 Å². The van der Waals surface area contributed by atoms with Crippen LogP contribution in [0.1, 0.15) is 45.4 Å². The molecule has 2 heterocycles. The van der Waals surface area contributed by atoms with Crippen LogP contribution in [0.15, 0.2) is 18.5 Å². The Morgan fingerprint density at radius 1 is 1.05 bits per heavy atom. The molecule has 1 aromatic heterocycles. The molecule has 2 rings (SSSR count). The molecule has 1 aliphatic heterocycles. The van der Waals surface area contributed by atoms with Crippen LogP contribution in [-0.4, -0.2) is 49.7 Å². The normalized spacial score (nSPS) is 16.5. The van der Waals surface area contributed by atoms with Gasteiger partial charge < -0.3 is 14.5 Å². The van der Waals surface area contributed by atoms with Gasteiger partial charge in [-0.2, -0.15) is 0 Å². The van der Waals surface area contributed by atoms with Crippen molar-refractivity contribution in [2.75, 3.05) is 44.7 Å². The minimum Gasteiger partial charge on any atom is -0.492 e. The van der Waals surface area contributed by atoms with Crippen LogP contribution in [0, 0.1) is 0 Å². The van der Waals surface area contributed by atoms with Gasteiger partial charge in [0.1, 0.15) is 5.75 Å². The van der Waals surface area contributed by atoms with Crippen molar-refractivity contribution >= 4 is 5.69 Å². The molecule has 0 saturated carbocycles. The van der Waals surface area contributed by atoms with Crippen LogP contribution in [-0.2, 0) is 0 Å². The van der Waals surface area contributed by atoms with Gasteiger partial charge in [0.25, 0.3) is 0 Å². The van der Waals surface area contributed by atoms with E-state index in [1.165, 1.54) is 44.3 Å². The lowest BCUT2D eigenvalue weighted by Gasteiger charge is -2.22. The van der Waals surface area contributed by atoms with E-state index in [9.17, 15) is 0 Å². The summed E-state index contributed by atoms with van der Waals surface area (Å²) in [6.45, 7) is 7.51. The van der Waals surface area contributed by atoms with E-state index in [2.05, 4.69) is 34.8 Å². The van der Waals surface area contributed by atoms with E-state index in [1.807, 2.05) is 12.4 Å². The summed E-state index contributed by atoms with van der Waals surface area (Å²) in [5.74, 6) is 0.908. The molecule has 1 aromatic rings. The van der Waals surface area contributed by atoms with Crippen molar-refractivity contribution in [2.24, 2.45) is 0 Å². The number of ether oxygens (including phenoxy) is 1. The lowest BCUT2D eigenvalue weighted by Crippen LogP contribution is -2.28. The second-order valence-electron chi connectivity index (χ2n) is 6.29. The summed E-state index contributed by atoms with van der Waals surface area (Å²) in [5.41, 5.74) is 1.19. The number of aromatic nitrogens is 1. The fourth-order valence-electron chi connectivity index (χ4n) is 2.86. The summed E-state index contributed by atoms with van der Waals surface area (Å²) in [4.78, 5) is 9.17. The Hall–Kier alpha value is -1.29. The molecule has 124 valence electrons. The van der Waals surface area contributed by atoms with Crippen LogP contribution < -0.4 is 9.64 Å². The monoisotopic (exact) mass is 305 g/mol. The standard InChI is InChI=1S/C18H31N3O/c1-3-4-5-6-7-13-22-18-14-17(15-19-16-18)21-10-8-9-20(2)11-12-21/h14-16H,3-13H2,1-2H3. The van der Waals surface area contributed by atoms with E-state index in [0.717, 1.165) is 38.4 Å². The van der Waals surface area contributed by atoms with E-state index < -0.39 is 0 Å². The Labute approximate surface area is 135 Å². The average molecular weight is 305 g/mol. The smallest absolute Gasteiger partial charge is 0.139 e. The van der Waals surface area contributed by atoms with Crippen molar-refractivity contribution in [1.82, 2.24) is 9.88 Å². The molecule has 1 saturated heterocycles. The van der Waals surface area contributed by atoms with E-state index >= 15 is 0 Å². The van der Waals surface area contributed by atoms with Crippen molar-refractivity contribution in [1.29, 1.82) is 0 Å². The molecular weight excluding hydrogens is 274 g/mol. The third kappa shape index (κ3) is 5.84. The number of unbranched alkanes of at least 4 members (excludes halogenated alkanes) is 4. The van der Waals surface area contributed by atoms with Gasteiger partial charge >= 0.3 is 0 Å². The van der Waals surface area contributed by atoms with Crippen LogP contribution in [0.5, 0.6) is 5.75 Å². The minimum absolute atomic E-state index is 0.803. The highest BCUT2D eigenvalue weighted by Crippen LogP contribution is 2.21. The molecule has 0 N–H and O–H groups in total. The van der Waals surface area contributed by atoms with Gasteiger partial charge in [0.05, 0.1) is 24.7 Å².